The Morgan fingerprint density at radius 2 is 1.87 bits per heavy atom. The molecule has 0 bridgehead atoms. The molecule has 1 unspecified atom stereocenters. The van der Waals surface area contributed by atoms with Gasteiger partial charge < -0.3 is 0 Å². The van der Waals surface area contributed by atoms with Crippen molar-refractivity contribution in [3.05, 3.63) is 71.1 Å². The molecule has 38 heavy (non-hydrogen) atoms. The highest BCUT2D eigenvalue weighted by atomic mass is 32.2. The van der Waals surface area contributed by atoms with Gasteiger partial charge in [-0.05, 0) is 57.9 Å². The maximum absolute atomic E-state index is 14.5. The normalized spacial score (nSPS) is 16.4. The highest BCUT2D eigenvalue weighted by molar-refractivity contribution is 7.89. The minimum absolute atomic E-state index is 0.0362. The van der Waals surface area contributed by atoms with Gasteiger partial charge in [-0.15, -0.1) is 0 Å². The Hall–Kier alpha value is -3.22. The van der Waals surface area contributed by atoms with Gasteiger partial charge in [0.15, 0.2) is 10.9 Å². The molecule has 1 amide bonds. The van der Waals surface area contributed by atoms with Gasteiger partial charge in [-0.3, -0.25) is 14.4 Å². The van der Waals surface area contributed by atoms with Crippen LogP contribution in [0, 0.1) is 32.4 Å². The van der Waals surface area contributed by atoms with Gasteiger partial charge in [-0.1, -0.05) is 29.0 Å². The first kappa shape index (κ1) is 26.4. The van der Waals surface area contributed by atoms with Crippen LogP contribution in [0.5, 0.6) is 0 Å². The highest BCUT2D eigenvalue weighted by Crippen LogP contribution is 2.34. The Morgan fingerprint density at radius 3 is 2.55 bits per heavy atom. The van der Waals surface area contributed by atoms with E-state index >= 15 is 0 Å². The third-order valence-electron chi connectivity index (χ3n) is 6.65. The molecule has 1 fully saturated rings. The van der Waals surface area contributed by atoms with Crippen LogP contribution < -0.4 is 4.90 Å². The molecule has 0 N–H and O–H groups in total. The van der Waals surface area contributed by atoms with E-state index in [0.29, 0.717) is 19.4 Å². The van der Waals surface area contributed by atoms with Crippen LogP contribution in [0.2, 0.25) is 0 Å². The Labute approximate surface area is 223 Å². The number of aryl methyl sites for hydroxylation is 3. The molecule has 1 aliphatic heterocycles. The zero-order valence-electron chi connectivity index (χ0n) is 21.2. The van der Waals surface area contributed by atoms with E-state index in [1.165, 1.54) is 27.4 Å². The third kappa shape index (κ3) is 4.95. The number of amides is 1. The van der Waals surface area contributed by atoms with Crippen LogP contribution in [0.4, 0.5) is 13.9 Å². The Balaban J connectivity index is 1.51. The van der Waals surface area contributed by atoms with E-state index in [1.807, 2.05) is 26.8 Å². The smallest absolute Gasteiger partial charge is 0.247 e. The summed E-state index contributed by atoms with van der Waals surface area (Å²) in [7, 11) is -3.93. The molecule has 1 saturated heterocycles. The molecule has 2 aromatic heterocycles. The molecule has 1 aliphatic rings. The number of anilines is 1. The quantitative estimate of drug-likeness (QED) is 0.331. The summed E-state index contributed by atoms with van der Waals surface area (Å²) in [6, 6.07) is 9.40. The van der Waals surface area contributed by atoms with Crippen molar-refractivity contribution < 1.29 is 22.0 Å². The Morgan fingerprint density at radius 1 is 1.13 bits per heavy atom. The van der Waals surface area contributed by atoms with Crippen LogP contribution in [0.1, 0.15) is 29.8 Å². The Bertz CT molecular complexity index is 1620. The molecule has 0 spiro atoms. The van der Waals surface area contributed by atoms with Crippen molar-refractivity contribution >= 4 is 42.6 Å². The van der Waals surface area contributed by atoms with Crippen molar-refractivity contribution in [1.82, 2.24) is 19.1 Å². The first-order valence-electron chi connectivity index (χ1n) is 12.2. The Kier molecular flexibility index (Phi) is 7.05. The predicted octanol–water partition coefficient (Wildman–Crippen LogP) is 4.58. The monoisotopic (exact) mass is 559 g/mol. The largest absolute Gasteiger partial charge is 0.285 e. The molecule has 5 rings (SSSR count). The molecule has 1 atom stereocenters. The number of thiazole rings is 1. The van der Waals surface area contributed by atoms with Crippen LogP contribution in [-0.4, -0.2) is 52.5 Å². The highest BCUT2D eigenvalue weighted by Gasteiger charge is 2.42. The van der Waals surface area contributed by atoms with E-state index in [4.69, 9.17) is 0 Å². The minimum Gasteiger partial charge on any atom is -0.285 e. The minimum atomic E-state index is -3.93. The number of rotatable bonds is 7. The van der Waals surface area contributed by atoms with Crippen LogP contribution in [0.25, 0.3) is 10.2 Å². The average molecular weight is 560 g/mol. The van der Waals surface area contributed by atoms with Crippen LogP contribution in [0.3, 0.4) is 0 Å². The van der Waals surface area contributed by atoms with Crippen molar-refractivity contribution in [2.75, 3.05) is 18.0 Å². The van der Waals surface area contributed by atoms with Crippen molar-refractivity contribution in [1.29, 1.82) is 0 Å². The van der Waals surface area contributed by atoms with Crippen LogP contribution in [0.15, 0.2) is 47.4 Å². The summed E-state index contributed by atoms with van der Waals surface area (Å²) in [5.74, 6) is -2.02. The molecule has 3 heterocycles. The topological polar surface area (TPSA) is 88.4 Å². The van der Waals surface area contributed by atoms with Crippen LogP contribution in [-0.2, 0) is 21.4 Å². The summed E-state index contributed by atoms with van der Waals surface area (Å²) in [5, 5.41) is 4.62. The maximum Gasteiger partial charge on any atom is 0.247 e. The number of fused-ring (bicyclic) bond motifs is 1. The number of sulfonamides is 1. The number of carbonyl (C=O) groups is 1. The molecule has 2 aromatic carbocycles. The number of halogens is 2. The van der Waals surface area contributed by atoms with Crippen molar-refractivity contribution in [2.45, 2.75) is 51.1 Å². The average Bonchev–Trinajstić information content (AvgIpc) is 3.58. The fraction of sp³-hybridized carbons (Fsp3) is 0.346. The fourth-order valence-electron chi connectivity index (χ4n) is 4.76. The number of aromatic nitrogens is 3. The lowest BCUT2D eigenvalue weighted by atomic mass is 10.2. The summed E-state index contributed by atoms with van der Waals surface area (Å²) in [4.78, 5) is 19.8. The van der Waals surface area contributed by atoms with Crippen LogP contribution >= 0.6 is 11.3 Å². The van der Waals surface area contributed by atoms with E-state index in [1.54, 1.807) is 16.8 Å². The molecule has 8 nitrogen and oxygen atoms in total. The molecular weight excluding hydrogens is 532 g/mol. The maximum atomic E-state index is 14.5. The zero-order valence-corrected chi connectivity index (χ0v) is 22.8. The van der Waals surface area contributed by atoms with Gasteiger partial charge in [0.2, 0.25) is 15.9 Å². The summed E-state index contributed by atoms with van der Waals surface area (Å²) in [5.41, 5.74) is 2.61. The summed E-state index contributed by atoms with van der Waals surface area (Å²) < 4.78 is 58.6. The lowest BCUT2D eigenvalue weighted by Gasteiger charge is -2.28. The van der Waals surface area contributed by atoms with Gasteiger partial charge in [0.1, 0.15) is 17.4 Å². The molecule has 4 aromatic rings. The van der Waals surface area contributed by atoms with Crippen molar-refractivity contribution in [3.63, 3.8) is 0 Å². The number of benzene rings is 2. The van der Waals surface area contributed by atoms with E-state index < -0.39 is 33.6 Å². The molecule has 0 aliphatic carbocycles. The van der Waals surface area contributed by atoms with Gasteiger partial charge in [0.25, 0.3) is 0 Å². The van der Waals surface area contributed by atoms with Gasteiger partial charge in [0, 0.05) is 24.8 Å². The number of hydrogen-bond donors (Lipinski definition) is 0. The van der Waals surface area contributed by atoms with E-state index in [9.17, 15) is 22.0 Å². The summed E-state index contributed by atoms with van der Waals surface area (Å²) in [6.45, 7) is 6.28. The molecule has 0 radical (unpaired) electrons. The van der Waals surface area contributed by atoms with E-state index in [2.05, 4.69) is 10.1 Å². The second-order valence-electron chi connectivity index (χ2n) is 9.46. The van der Waals surface area contributed by atoms with Gasteiger partial charge in [0.05, 0.1) is 21.8 Å². The number of carbonyl (C=O) groups excluding carboxylic acids is 1. The zero-order chi connectivity index (χ0) is 27.2. The standard InChI is InChI=1S/C26H27F2N5O3S2/c1-16-6-8-20(9-7-16)38(35,36)33-10-4-5-22(33)25(34)31(11-12-32-18(3)13-17(2)30-32)26-29-24-21(28)14-19(27)15-23(24)37-26/h6-9,13-15,22H,4-5,10-12H2,1-3H3. The number of nitrogens with zero attached hydrogens (tertiary/aromatic N) is 5. The lowest BCUT2D eigenvalue weighted by molar-refractivity contribution is -0.121. The SMILES string of the molecule is Cc1ccc(S(=O)(=O)N2CCCC2C(=O)N(CCn2nc(C)cc2C)c2nc3c(F)cc(F)cc3s2)cc1. The first-order valence-corrected chi connectivity index (χ1v) is 14.5. The van der Waals surface area contributed by atoms with Gasteiger partial charge >= 0.3 is 0 Å². The molecule has 200 valence electrons. The molecule has 0 saturated carbocycles. The second kappa shape index (κ2) is 10.2. The van der Waals surface area contributed by atoms with Crippen molar-refractivity contribution in [2.24, 2.45) is 0 Å². The molecule has 12 heteroatoms. The van der Waals surface area contributed by atoms with E-state index in [-0.39, 0.29) is 33.3 Å². The predicted molar refractivity (Wildman–Crippen MR) is 142 cm³/mol. The second-order valence-corrected chi connectivity index (χ2v) is 12.4. The van der Waals surface area contributed by atoms with Crippen molar-refractivity contribution in [3.8, 4) is 0 Å². The summed E-state index contributed by atoms with van der Waals surface area (Å²) >= 11 is 0.988. The van der Waals surface area contributed by atoms with Gasteiger partial charge in [-0.25, -0.2) is 22.2 Å². The third-order valence-corrected chi connectivity index (χ3v) is 9.60. The van der Waals surface area contributed by atoms with Gasteiger partial charge in [-0.2, -0.15) is 9.40 Å². The van der Waals surface area contributed by atoms with E-state index in [0.717, 1.165) is 34.4 Å². The summed E-state index contributed by atoms with van der Waals surface area (Å²) in [6.07, 6.45) is 0.862. The first-order chi connectivity index (χ1) is 18.0. The fourth-order valence-corrected chi connectivity index (χ4v) is 7.44. The lowest BCUT2D eigenvalue weighted by Crippen LogP contribution is -2.48. The number of hydrogen-bond acceptors (Lipinski definition) is 6. The molecular formula is C26H27F2N5O3S2.